The summed E-state index contributed by atoms with van der Waals surface area (Å²) in [6.45, 7) is 2.93. The predicted octanol–water partition coefficient (Wildman–Crippen LogP) is 5.71. The first-order chi connectivity index (χ1) is 14.8. The Kier molecular flexibility index (Phi) is 10.2. The topological polar surface area (TPSA) is 55.8 Å². The average molecular weight is 437 g/mol. The van der Waals surface area contributed by atoms with E-state index < -0.39 is 18.6 Å². The van der Waals surface area contributed by atoms with Crippen LogP contribution >= 0.6 is 0 Å². The Hall–Kier alpha value is -2.21. The summed E-state index contributed by atoms with van der Waals surface area (Å²) in [7, 11) is 0. The largest absolute Gasteiger partial charge is 0.487 e. The van der Waals surface area contributed by atoms with Crippen LogP contribution in [0.1, 0.15) is 52.4 Å². The van der Waals surface area contributed by atoms with Crippen molar-refractivity contribution < 1.29 is 28.2 Å². The zero-order chi connectivity index (χ0) is 22.7. The second kappa shape index (κ2) is 12.6. The average Bonchev–Trinajstić information content (AvgIpc) is 3.07. The van der Waals surface area contributed by atoms with Gasteiger partial charge in [-0.15, -0.1) is 0 Å². The van der Waals surface area contributed by atoms with E-state index in [2.05, 4.69) is 0 Å². The third-order valence-electron chi connectivity index (χ3n) is 5.30. The molecule has 1 N–H and O–H groups in total. The Morgan fingerprint density at radius 1 is 1.23 bits per heavy atom. The number of halogens is 2. The first-order valence-electron chi connectivity index (χ1n) is 11.0. The Morgan fingerprint density at radius 2 is 1.97 bits per heavy atom. The number of benzene rings is 1. The number of esters is 1. The van der Waals surface area contributed by atoms with Gasteiger partial charge in [-0.25, -0.2) is 0 Å². The number of ether oxygens (including phenoxy) is 2. The third kappa shape index (κ3) is 9.64. The molecule has 1 aliphatic carbocycles. The highest BCUT2D eigenvalue weighted by atomic mass is 19.3. The van der Waals surface area contributed by atoms with Crippen LogP contribution < -0.4 is 4.74 Å². The van der Waals surface area contributed by atoms with Crippen molar-refractivity contribution in [2.45, 2.75) is 70.5 Å². The molecule has 0 amide bonds. The molecule has 172 valence electrons. The minimum atomic E-state index is -3.08. The fourth-order valence-corrected chi connectivity index (χ4v) is 3.71. The molecule has 0 heterocycles. The lowest BCUT2D eigenvalue weighted by Gasteiger charge is -2.19. The zero-order valence-electron chi connectivity index (χ0n) is 18.4. The van der Waals surface area contributed by atoms with Crippen LogP contribution in [0.2, 0.25) is 0 Å². The van der Waals surface area contributed by atoms with Gasteiger partial charge in [0, 0.05) is 6.42 Å². The lowest BCUT2D eigenvalue weighted by atomic mass is 9.90. The number of carbonyl (C=O) groups is 1. The summed E-state index contributed by atoms with van der Waals surface area (Å²) in [5.74, 6) is -3.04. The molecule has 0 bridgehead atoms. The number of unbranched alkanes of at least 4 members (excludes halogenated alkanes) is 1. The molecule has 0 spiro atoms. The van der Waals surface area contributed by atoms with Gasteiger partial charge in [0.1, 0.15) is 5.75 Å². The van der Waals surface area contributed by atoms with E-state index >= 15 is 0 Å². The number of para-hydroxylation sites is 1. The van der Waals surface area contributed by atoms with Gasteiger partial charge >= 0.3 is 5.97 Å². The zero-order valence-corrected chi connectivity index (χ0v) is 18.4. The maximum absolute atomic E-state index is 14.2. The molecule has 0 aliphatic heterocycles. The second-order valence-electron chi connectivity index (χ2n) is 8.33. The van der Waals surface area contributed by atoms with E-state index in [1.807, 2.05) is 26.0 Å². The van der Waals surface area contributed by atoms with E-state index in [9.17, 15) is 18.7 Å². The van der Waals surface area contributed by atoms with Gasteiger partial charge in [-0.05, 0) is 76.0 Å². The standard InChI is InChI=1S/C25H34F2O4/c1-19(2)31-24(29)13-9-4-3-8-12-22-20(14-15-23(22)28)16-17-25(26,27)18-30-21-10-6-5-7-11-21/h3,5-8,10-11,16-17,19-20,22-23,28H,4,9,12-15,18H2,1-2H3/b8-3-,17-16+/t20?,22-,23+/m1/s1. The summed E-state index contributed by atoms with van der Waals surface area (Å²) in [6, 6.07) is 8.55. The van der Waals surface area contributed by atoms with E-state index in [4.69, 9.17) is 9.47 Å². The summed E-state index contributed by atoms with van der Waals surface area (Å²) in [5, 5.41) is 10.3. The molecule has 1 saturated carbocycles. The first-order valence-corrected chi connectivity index (χ1v) is 11.0. The lowest BCUT2D eigenvalue weighted by molar-refractivity contribution is -0.147. The van der Waals surface area contributed by atoms with Gasteiger partial charge in [0.15, 0.2) is 6.61 Å². The van der Waals surface area contributed by atoms with Crippen LogP contribution in [0.5, 0.6) is 5.75 Å². The summed E-state index contributed by atoms with van der Waals surface area (Å²) >= 11 is 0. The van der Waals surface area contributed by atoms with Gasteiger partial charge < -0.3 is 14.6 Å². The van der Waals surface area contributed by atoms with E-state index in [1.54, 1.807) is 30.3 Å². The van der Waals surface area contributed by atoms with Crippen LogP contribution in [0.15, 0.2) is 54.6 Å². The van der Waals surface area contributed by atoms with Crippen LogP contribution in [-0.4, -0.2) is 35.8 Å². The molecule has 31 heavy (non-hydrogen) atoms. The highest BCUT2D eigenvalue weighted by Gasteiger charge is 2.34. The van der Waals surface area contributed by atoms with Crippen molar-refractivity contribution in [2.24, 2.45) is 11.8 Å². The minimum absolute atomic E-state index is 0.0794. The molecule has 0 saturated heterocycles. The minimum Gasteiger partial charge on any atom is -0.487 e. The molecule has 1 fully saturated rings. The van der Waals surface area contributed by atoms with Crippen LogP contribution in [-0.2, 0) is 9.53 Å². The second-order valence-corrected chi connectivity index (χ2v) is 8.33. The Morgan fingerprint density at radius 3 is 2.68 bits per heavy atom. The predicted molar refractivity (Wildman–Crippen MR) is 117 cm³/mol. The van der Waals surface area contributed by atoms with Crippen molar-refractivity contribution in [3.63, 3.8) is 0 Å². The Labute approximate surface area is 183 Å². The van der Waals surface area contributed by atoms with Crippen molar-refractivity contribution in [1.82, 2.24) is 0 Å². The molecule has 1 aliphatic rings. The fourth-order valence-electron chi connectivity index (χ4n) is 3.71. The van der Waals surface area contributed by atoms with E-state index in [-0.39, 0.29) is 23.9 Å². The summed E-state index contributed by atoms with van der Waals surface area (Å²) in [4.78, 5) is 11.5. The van der Waals surface area contributed by atoms with E-state index in [1.165, 1.54) is 6.08 Å². The Balaban J connectivity index is 1.77. The molecular weight excluding hydrogens is 402 g/mol. The van der Waals surface area contributed by atoms with Gasteiger partial charge in [-0.3, -0.25) is 4.79 Å². The summed E-state index contributed by atoms with van der Waals surface area (Å²) < 4.78 is 38.7. The SMILES string of the molecule is CC(C)OC(=O)CCC/C=C\C[C@@H]1C(/C=C/C(F)(F)COc2ccccc2)CC[C@@H]1O. The van der Waals surface area contributed by atoms with Gasteiger partial charge in [0.25, 0.3) is 5.92 Å². The maximum Gasteiger partial charge on any atom is 0.306 e. The van der Waals surface area contributed by atoms with Crippen molar-refractivity contribution in [3.8, 4) is 5.75 Å². The number of aliphatic hydroxyl groups is 1. The Bertz CT molecular complexity index is 715. The fraction of sp³-hybridized carbons (Fsp3) is 0.560. The molecular formula is C25H34F2O4. The van der Waals surface area contributed by atoms with Crippen LogP contribution in [0.3, 0.4) is 0 Å². The van der Waals surface area contributed by atoms with Gasteiger partial charge in [-0.1, -0.05) is 36.4 Å². The highest BCUT2D eigenvalue weighted by Crippen LogP contribution is 2.36. The molecule has 0 radical (unpaired) electrons. The number of aliphatic hydroxyl groups excluding tert-OH is 1. The van der Waals surface area contributed by atoms with Gasteiger partial charge in [0.2, 0.25) is 0 Å². The summed E-state index contributed by atoms with van der Waals surface area (Å²) in [6.07, 6.45) is 9.55. The molecule has 0 aromatic heterocycles. The van der Waals surface area contributed by atoms with Crippen LogP contribution in [0.25, 0.3) is 0 Å². The van der Waals surface area contributed by atoms with Crippen molar-refractivity contribution >= 4 is 5.97 Å². The monoisotopic (exact) mass is 436 g/mol. The third-order valence-corrected chi connectivity index (χ3v) is 5.30. The van der Waals surface area contributed by atoms with Crippen molar-refractivity contribution in [2.75, 3.05) is 6.61 Å². The molecule has 1 aromatic carbocycles. The molecule has 3 atom stereocenters. The number of hydrogen-bond acceptors (Lipinski definition) is 4. The summed E-state index contributed by atoms with van der Waals surface area (Å²) in [5.41, 5.74) is 0. The molecule has 4 nitrogen and oxygen atoms in total. The number of rotatable bonds is 12. The molecule has 1 unspecified atom stereocenters. The van der Waals surface area contributed by atoms with Gasteiger partial charge in [0.05, 0.1) is 12.2 Å². The van der Waals surface area contributed by atoms with Crippen LogP contribution in [0, 0.1) is 11.8 Å². The number of carbonyl (C=O) groups excluding carboxylic acids is 1. The lowest BCUT2D eigenvalue weighted by Crippen LogP contribution is -2.24. The number of hydrogen-bond donors (Lipinski definition) is 1. The first kappa shape index (κ1) is 25.1. The maximum atomic E-state index is 14.2. The van der Waals surface area contributed by atoms with E-state index in [0.717, 1.165) is 12.5 Å². The number of allylic oxidation sites excluding steroid dienone is 3. The quantitative estimate of drug-likeness (QED) is 0.259. The molecule has 6 heteroatoms. The van der Waals surface area contributed by atoms with E-state index in [0.29, 0.717) is 37.9 Å². The van der Waals surface area contributed by atoms with Crippen LogP contribution in [0.4, 0.5) is 8.78 Å². The van der Waals surface area contributed by atoms with Crippen molar-refractivity contribution in [1.29, 1.82) is 0 Å². The van der Waals surface area contributed by atoms with Crippen molar-refractivity contribution in [3.05, 3.63) is 54.6 Å². The highest BCUT2D eigenvalue weighted by molar-refractivity contribution is 5.69. The normalized spacial score (nSPS) is 21.9. The molecule has 1 aromatic rings. The molecule has 2 rings (SSSR count). The number of alkyl halides is 2. The smallest absolute Gasteiger partial charge is 0.306 e. The van der Waals surface area contributed by atoms with Gasteiger partial charge in [-0.2, -0.15) is 8.78 Å².